The first kappa shape index (κ1) is 18.2. The number of nitrogens with zero attached hydrogens (tertiary/aromatic N) is 1. The standard InChI is InChI=1S/C12H20BrN3S.HI/c1-3-8-15-12(14-4-2)16-9-7-10-5-6-11(13)17-10;/h5-6H,3-4,7-9H2,1-2H3,(H2,14,15,16);1H. The average Bonchev–Trinajstić information content (AvgIpc) is 2.72. The highest BCUT2D eigenvalue weighted by molar-refractivity contribution is 14.0. The Morgan fingerprint density at radius 1 is 1.33 bits per heavy atom. The summed E-state index contributed by atoms with van der Waals surface area (Å²) in [6.07, 6.45) is 2.11. The normalized spacial score (nSPS) is 10.9. The van der Waals surface area contributed by atoms with Gasteiger partial charge in [0.25, 0.3) is 0 Å². The van der Waals surface area contributed by atoms with Crippen molar-refractivity contribution in [3.63, 3.8) is 0 Å². The number of guanidine groups is 1. The predicted molar refractivity (Wildman–Crippen MR) is 95.4 cm³/mol. The number of thiophene rings is 1. The van der Waals surface area contributed by atoms with Crippen LogP contribution in [0, 0.1) is 0 Å². The maximum Gasteiger partial charge on any atom is 0.191 e. The van der Waals surface area contributed by atoms with Gasteiger partial charge in [-0.25, -0.2) is 0 Å². The van der Waals surface area contributed by atoms with Crippen molar-refractivity contribution in [2.45, 2.75) is 26.7 Å². The Hall–Kier alpha value is 0.180. The molecule has 3 nitrogen and oxygen atoms in total. The maximum atomic E-state index is 4.46. The second kappa shape index (κ2) is 11.0. The van der Waals surface area contributed by atoms with Crippen LogP contribution in [0.25, 0.3) is 0 Å². The van der Waals surface area contributed by atoms with Crippen molar-refractivity contribution in [1.29, 1.82) is 0 Å². The molecule has 1 heterocycles. The zero-order chi connectivity index (χ0) is 12.5. The van der Waals surface area contributed by atoms with E-state index in [2.05, 4.69) is 57.5 Å². The van der Waals surface area contributed by atoms with E-state index in [1.54, 1.807) is 11.3 Å². The molecule has 0 aliphatic rings. The molecule has 1 aromatic rings. The maximum absolute atomic E-state index is 4.46. The topological polar surface area (TPSA) is 36.4 Å². The number of hydrogen-bond acceptors (Lipinski definition) is 2. The zero-order valence-electron chi connectivity index (χ0n) is 10.8. The Balaban J connectivity index is 0.00000289. The molecule has 1 aromatic heterocycles. The molecule has 0 saturated heterocycles. The van der Waals surface area contributed by atoms with Crippen LogP contribution in [0.5, 0.6) is 0 Å². The highest BCUT2D eigenvalue weighted by Crippen LogP contribution is 2.21. The minimum Gasteiger partial charge on any atom is -0.357 e. The van der Waals surface area contributed by atoms with Gasteiger partial charge in [-0.3, -0.25) is 4.99 Å². The Bertz CT molecular complexity index is 355. The molecule has 0 fully saturated rings. The first-order chi connectivity index (χ1) is 8.26. The first-order valence-electron chi connectivity index (χ1n) is 6.02. The third-order valence-corrected chi connectivity index (χ3v) is 3.81. The van der Waals surface area contributed by atoms with Crippen molar-refractivity contribution in [1.82, 2.24) is 10.6 Å². The van der Waals surface area contributed by atoms with Crippen LogP contribution in [0.2, 0.25) is 0 Å². The average molecular weight is 446 g/mol. The first-order valence-corrected chi connectivity index (χ1v) is 7.63. The Morgan fingerprint density at radius 3 is 2.67 bits per heavy atom. The monoisotopic (exact) mass is 445 g/mol. The van der Waals surface area contributed by atoms with Gasteiger partial charge in [-0.1, -0.05) is 6.92 Å². The van der Waals surface area contributed by atoms with Gasteiger partial charge < -0.3 is 10.6 Å². The van der Waals surface area contributed by atoms with Crippen molar-refractivity contribution in [3.8, 4) is 0 Å². The molecule has 0 unspecified atom stereocenters. The van der Waals surface area contributed by atoms with E-state index >= 15 is 0 Å². The number of hydrogen-bond donors (Lipinski definition) is 2. The zero-order valence-corrected chi connectivity index (χ0v) is 15.6. The number of rotatable bonds is 6. The van der Waals surface area contributed by atoms with E-state index in [0.29, 0.717) is 0 Å². The van der Waals surface area contributed by atoms with Gasteiger partial charge in [0.2, 0.25) is 0 Å². The molecule has 0 saturated carbocycles. The van der Waals surface area contributed by atoms with Crippen molar-refractivity contribution < 1.29 is 0 Å². The molecule has 0 bridgehead atoms. The fourth-order valence-electron chi connectivity index (χ4n) is 1.36. The van der Waals surface area contributed by atoms with Gasteiger partial charge in [0.1, 0.15) is 0 Å². The molecule has 1 rings (SSSR count). The van der Waals surface area contributed by atoms with Gasteiger partial charge >= 0.3 is 0 Å². The quantitative estimate of drug-likeness (QED) is 0.398. The summed E-state index contributed by atoms with van der Waals surface area (Å²) in [5, 5.41) is 6.59. The minimum absolute atomic E-state index is 0. The molecular weight excluding hydrogens is 425 g/mol. The van der Waals surface area contributed by atoms with Gasteiger partial charge in [-0.2, -0.15) is 0 Å². The molecule has 2 N–H and O–H groups in total. The summed E-state index contributed by atoms with van der Waals surface area (Å²) in [7, 11) is 0. The molecule has 0 aliphatic carbocycles. The smallest absolute Gasteiger partial charge is 0.191 e. The highest BCUT2D eigenvalue weighted by Gasteiger charge is 1.99. The van der Waals surface area contributed by atoms with Gasteiger partial charge in [-0.15, -0.1) is 35.3 Å². The Morgan fingerprint density at radius 2 is 2.11 bits per heavy atom. The second-order valence-electron chi connectivity index (χ2n) is 3.64. The molecule has 0 atom stereocenters. The lowest BCUT2D eigenvalue weighted by Gasteiger charge is -2.10. The molecular formula is C12H21BrIN3S. The van der Waals surface area contributed by atoms with Crippen LogP contribution >= 0.6 is 51.2 Å². The summed E-state index contributed by atoms with van der Waals surface area (Å²) < 4.78 is 1.19. The number of aliphatic imine (C=N–C) groups is 1. The van der Waals surface area contributed by atoms with Gasteiger partial charge in [0, 0.05) is 24.5 Å². The Labute approximate surface area is 139 Å². The van der Waals surface area contributed by atoms with E-state index in [9.17, 15) is 0 Å². The van der Waals surface area contributed by atoms with E-state index in [-0.39, 0.29) is 24.0 Å². The lowest BCUT2D eigenvalue weighted by molar-refractivity contribution is 0.798. The van der Waals surface area contributed by atoms with Crippen LogP contribution in [0.1, 0.15) is 25.1 Å². The highest BCUT2D eigenvalue weighted by atomic mass is 127. The van der Waals surface area contributed by atoms with Crippen molar-refractivity contribution in [2.75, 3.05) is 19.6 Å². The lowest BCUT2D eigenvalue weighted by Crippen LogP contribution is -2.38. The summed E-state index contributed by atoms with van der Waals surface area (Å²) in [5.41, 5.74) is 0. The summed E-state index contributed by atoms with van der Waals surface area (Å²) >= 11 is 5.26. The SMILES string of the molecule is CCCN=C(NCC)NCCc1ccc(Br)s1.I. The minimum atomic E-state index is 0. The van der Waals surface area contributed by atoms with Crippen molar-refractivity contribution in [3.05, 3.63) is 20.8 Å². The van der Waals surface area contributed by atoms with Crippen LogP contribution in [-0.4, -0.2) is 25.6 Å². The van der Waals surface area contributed by atoms with E-state index in [1.165, 1.54) is 8.66 Å². The summed E-state index contributed by atoms with van der Waals surface area (Å²) in [6.45, 7) is 6.91. The van der Waals surface area contributed by atoms with Crippen LogP contribution in [0.3, 0.4) is 0 Å². The van der Waals surface area contributed by atoms with Crippen molar-refractivity contribution in [2.24, 2.45) is 4.99 Å². The van der Waals surface area contributed by atoms with Gasteiger partial charge in [0.05, 0.1) is 3.79 Å². The van der Waals surface area contributed by atoms with Crippen LogP contribution in [0.15, 0.2) is 20.9 Å². The predicted octanol–water partition coefficient (Wildman–Crippen LogP) is 3.64. The molecule has 0 aliphatic heterocycles. The molecule has 0 amide bonds. The largest absolute Gasteiger partial charge is 0.357 e. The molecule has 104 valence electrons. The fraction of sp³-hybridized carbons (Fsp3) is 0.583. The van der Waals surface area contributed by atoms with Crippen LogP contribution < -0.4 is 10.6 Å². The number of nitrogens with one attached hydrogen (secondary N) is 2. The van der Waals surface area contributed by atoms with E-state index in [4.69, 9.17) is 0 Å². The molecule has 0 spiro atoms. The van der Waals surface area contributed by atoms with Crippen molar-refractivity contribution >= 4 is 57.2 Å². The summed E-state index contributed by atoms with van der Waals surface area (Å²) in [4.78, 5) is 5.84. The third-order valence-electron chi connectivity index (χ3n) is 2.13. The molecule has 0 radical (unpaired) electrons. The van der Waals surface area contributed by atoms with Crippen LogP contribution in [0.4, 0.5) is 0 Å². The molecule has 18 heavy (non-hydrogen) atoms. The van der Waals surface area contributed by atoms with Gasteiger partial charge in [-0.05, 0) is 47.8 Å². The summed E-state index contributed by atoms with van der Waals surface area (Å²) in [5.74, 6) is 0.921. The molecule has 0 aromatic carbocycles. The third kappa shape index (κ3) is 7.58. The Kier molecular flexibility index (Phi) is 11.2. The lowest BCUT2D eigenvalue weighted by atomic mass is 10.3. The summed E-state index contributed by atoms with van der Waals surface area (Å²) in [6, 6.07) is 4.25. The van der Waals surface area contributed by atoms with Crippen LogP contribution in [-0.2, 0) is 6.42 Å². The fourth-order valence-corrected chi connectivity index (χ4v) is 2.84. The van der Waals surface area contributed by atoms with E-state index < -0.39 is 0 Å². The van der Waals surface area contributed by atoms with Gasteiger partial charge in [0.15, 0.2) is 5.96 Å². The second-order valence-corrected chi connectivity index (χ2v) is 6.19. The van der Waals surface area contributed by atoms with E-state index in [0.717, 1.165) is 38.4 Å². The number of halogens is 2. The molecule has 6 heteroatoms. The van der Waals surface area contributed by atoms with E-state index in [1.807, 2.05) is 0 Å².